The van der Waals surface area contributed by atoms with Crippen LogP contribution in [-0.2, 0) is 36.1 Å². The number of fused-ring (bicyclic) bond motifs is 1. The van der Waals surface area contributed by atoms with Crippen LogP contribution in [0.5, 0.6) is 5.75 Å². The Morgan fingerprint density at radius 3 is 2.45 bits per heavy atom. The molecule has 2 aliphatic heterocycles. The van der Waals surface area contributed by atoms with E-state index in [1.165, 1.54) is 0 Å². The summed E-state index contributed by atoms with van der Waals surface area (Å²) in [6.07, 6.45) is 2.96. The number of nitrogens with one attached hydrogen (secondary N) is 1. The Bertz CT molecular complexity index is 1020. The van der Waals surface area contributed by atoms with E-state index in [9.17, 15) is 14.4 Å². The van der Waals surface area contributed by atoms with Crippen LogP contribution < -0.4 is 10.1 Å². The van der Waals surface area contributed by atoms with Crippen molar-refractivity contribution in [3.63, 3.8) is 0 Å². The van der Waals surface area contributed by atoms with Crippen molar-refractivity contribution in [3.8, 4) is 5.75 Å². The normalized spacial score (nSPS) is 15.3. The van der Waals surface area contributed by atoms with Crippen LogP contribution in [-0.4, -0.2) is 64.0 Å². The van der Waals surface area contributed by atoms with E-state index in [-0.39, 0.29) is 30.6 Å². The molecular formula is C24H31N5O4. The summed E-state index contributed by atoms with van der Waals surface area (Å²) < 4.78 is 6.90. The highest BCUT2D eigenvalue weighted by Gasteiger charge is 2.31. The summed E-state index contributed by atoms with van der Waals surface area (Å²) >= 11 is 0. The van der Waals surface area contributed by atoms with Crippen molar-refractivity contribution in [2.45, 2.75) is 45.2 Å². The van der Waals surface area contributed by atoms with Gasteiger partial charge in [-0.1, -0.05) is 12.1 Å². The van der Waals surface area contributed by atoms with Gasteiger partial charge >= 0.3 is 0 Å². The Kier molecular flexibility index (Phi) is 6.96. The van der Waals surface area contributed by atoms with E-state index in [1.807, 2.05) is 36.2 Å². The lowest BCUT2D eigenvalue weighted by molar-refractivity contribution is -0.134. The molecule has 0 radical (unpaired) electrons. The lowest BCUT2D eigenvalue weighted by atomic mass is 10.0. The monoisotopic (exact) mass is 453 g/mol. The number of likely N-dealkylation sites (tertiary alicyclic amines) is 1. The molecule has 0 atom stereocenters. The van der Waals surface area contributed by atoms with E-state index in [2.05, 4.69) is 10.4 Å². The van der Waals surface area contributed by atoms with Gasteiger partial charge < -0.3 is 19.9 Å². The van der Waals surface area contributed by atoms with Gasteiger partial charge in [-0.25, -0.2) is 0 Å². The maximum Gasteiger partial charge on any atom is 0.274 e. The third-order valence-electron chi connectivity index (χ3n) is 6.41. The summed E-state index contributed by atoms with van der Waals surface area (Å²) in [7, 11) is 3.46. The highest BCUT2D eigenvalue weighted by Crippen LogP contribution is 2.25. The Hall–Kier alpha value is -3.36. The van der Waals surface area contributed by atoms with Crippen LogP contribution in [0.2, 0.25) is 0 Å². The Balaban J connectivity index is 1.30. The van der Waals surface area contributed by atoms with Crippen molar-refractivity contribution in [2.75, 3.05) is 26.7 Å². The largest absolute Gasteiger partial charge is 0.497 e. The molecule has 1 fully saturated rings. The van der Waals surface area contributed by atoms with E-state index in [1.54, 1.807) is 16.7 Å². The highest BCUT2D eigenvalue weighted by atomic mass is 16.5. The van der Waals surface area contributed by atoms with Crippen LogP contribution in [0.1, 0.15) is 53.0 Å². The smallest absolute Gasteiger partial charge is 0.274 e. The SMILES string of the molecule is COc1ccc(CNC(=O)CCC(=O)N2CCc3c(c(C(=O)N4CCCC4)nn3C)C2)cc1. The van der Waals surface area contributed by atoms with Gasteiger partial charge in [-0.3, -0.25) is 19.1 Å². The number of hydrogen-bond acceptors (Lipinski definition) is 5. The van der Waals surface area contributed by atoms with Gasteiger partial charge in [-0.2, -0.15) is 5.10 Å². The number of carbonyl (C=O) groups excluding carboxylic acids is 3. The van der Waals surface area contributed by atoms with Crippen molar-refractivity contribution in [1.29, 1.82) is 0 Å². The average molecular weight is 454 g/mol. The molecule has 2 aromatic rings. The van der Waals surface area contributed by atoms with Crippen LogP contribution in [0, 0.1) is 0 Å². The fourth-order valence-electron chi connectivity index (χ4n) is 4.46. The van der Waals surface area contributed by atoms with E-state index >= 15 is 0 Å². The number of rotatable bonds is 7. The summed E-state index contributed by atoms with van der Waals surface area (Å²) in [5.74, 6) is 0.475. The minimum absolute atomic E-state index is 0.0449. The zero-order valence-corrected chi connectivity index (χ0v) is 19.3. The van der Waals surface area contributed by atoms with Gasteiger partial charge in [0.15, 0.2) is 5.69 Å². The first-order valence-corrected chi connectivity index (χ1v) is 11.5. The zero-order chi connectivity index (χ0) is 23.4. The van der Waals surface area contributed by atoms with Gasteiger partial charge in [-0.05, 0) is 30.5 Å². The van der Waals surface area contributed by atoms with E-state index in [4.69, 9.17) is 4.74 Å². The number of amides is 3. The van der Waals surface area contributed by atoms with E-state index in [0.29, 0.717) is 31.7 Å². The zero-order valence-electron chi connectivity index (χ0n) is 19.3. The first-order valence-electron chi connectivity index (χ1n) is 11.5. The third kappa shape index (κ3) is 5.18. The molecule has 0 unspecified atom stereocenters. The molecule has 2 aliphatic rings. The standard InChI is InChI=1S/C24H31N5O4/c1-27-20-11-14-29(16-19(20)23(26-27)24(32)28-12-3-4-13-28)22(31)10-9-21(30)25-15-17-5-7-18(33-2)8-6-17/h5-8H,3-4,9-16H2,1-2H3,(H,25,30). The van der Waals surface area contributed by atoms with Crippen molar-refractivity contribution in [3.05, 3.63) is 46.8 Å². The number of ether oxygens (including phenoxy) is 1. The maximum absolute atomic E-state index is 12.9. The second kappa shape index (κ2) is 10.1. The summed E-state index contributed by atoms with van der Waals surface area (Å²) in [5.41, 5.74) is 3.28. The topological polar surface area (TPSA) is 96.8 Å². The lowest BCUT2D eigenvalue weighted by Crippen LogP contribution is -2.38. The number of methoxy groups -OCH3 is 1. The van der Waals surface area contributed by atoms with Crippen molar-refractivity contribution < 1.29 is 19.1 Å². The second-order valence-corrected chi connectivity index (χ2v) is 8.59. The Labute approximate surface area is 193 Å². The molecule has 33 heavy (non-hydrogen) atoms. The molecular weight excluding hydrogens is 422 g/mol. The number of benzene rings is 1. The molecule has 0 spiro atoms. The van der Waals surface area contributed by atoms with Crippen molar-refractivity contribution in [2.24, 2.45) is 7.05 Å². The van der Waals surface area contributed by atoms with Gasteiger partial charge in [0.25, 0.3) is 5.91 Å². The summed E-state index contributed by atoms with van der Waals surface area (Å²) in [6, 6.07) is 7.47. The van der Waals surface area contributed by atoms with Crippen LogP contribution in [0.3, 0.4) is 0 Å². The second-order valence-electron chi connectivity index (χ2n) is 8.59. The predicted octanol–water partition coefficient (Wildman–Crippen LogP) is 1.65. The summed E-state index contributed by atoms with van der Waals surface area (Å²) in [4.78, 5) is 41.6. The van der Waals surface area contributed by atoms with Crippen molar-refractivity contribution >= 4 is 17.7 Å². The van der Waals surface area contributed by atoms with Crippen LogP contribution in [0.25, 0.3) is 0 Å². The van der Waals surface area contributed by atoms with Gasteiger partial charge in [0.2, 0.25) is 11.8 Å². The molecule has 3 heterocycles. The number of hydrogen-bond donors (Lipinski definition) is 1. The fourth-order valence-corrected chi connectivity index (χ4v) is 4.46. The third-order valence-corrected chi connectivity index (χ3v) is 6.41. The number of carbonyl (C=O) groups is 3. The highest BCUT2D eigenvalue weighted by molar-refractivity contribution is 5.94. The summed E-state index contributed by atoms with van der Waals surface area (Å²) in [6.45, 7) is 2.86. The first kappa shape index (κ1) is 22.8. The average Bonchev–Trinajstić information content (AvgIpc) is 3.49. The molecule has 9 heteroatoms. The van der Waals surface area contributed by atoms with Gasteiger partial charge in [-0.15, -0.1) is 0 Å². The molecule has 9 nitrogen and oxygen atoms in total. The molecule has 0 bridgehead atoms. The molecule has 3 amide bonds. The van der Waals surface area contributed by atoms with E-state index < -0.39 is 0 Å². The molecule has 0 saturated carbocycles. The quantitative estimate of drug-likeness (QED) is 0.688. The number of nitrogens with zero attached hydrogens (tertiary/aromatic N) is 4. The minimum Gasteiger partial charge on any atom is -0.497 e. The molecule has 1 aromatic heterocycles. The number of aromatic nitrogens is 2. The molecule has 1 saturated heterocycles. The minimum atomic E-state index is -0.164. The lowest BCUT2D eigenvalue weighted by Gasteiger charge is -2.28. The van der Waals surface area contributed by atoms with Crippen molar-refractivity contribution in [1.82, 2.24) is 24.9 Å². The summed E-state index contributed by atoms with van der Waals surface area (Å²) in [5, 5.41) is 7.34. The fraction of sp³-hybridized carbons (Fsp3) is 0.500. The first-order chi connectivity index (χ1) is 16.0. The Morgan fingerprint density at radius 2 is 1.76 bits per heavy atom. The molecule has 1 aromatic carbocycles. The predicted molar refractivity (Wildman–Crippen MR) is 122 cm³/mol. The Morgan fingerprint density at radius 1 is 1.03 bits per heavy atom. The van der Waals surface area contributed by atoms with Gasteiger partial charge in [0.1, 0.15) is 5.75 Å². The van der Waals surface area contributed by atoms with E-state index in [0.717, 1.165) is 48.5 Å². The van der Waals surface area contributed by atoms with Gasteiger partial charge in [0.05, 0.1) is 7.11 Å². The molecule has 0 aliphatic carbocycles. The molecule has 4 rings (SSSR count). The molecule has 176 valence electrons. The van der Waals surface area contributed by atoms with Crippen LogP contribution in [0.4, 0.5) is 0 Å². The maximum atomic E-state index is 12.9. The van der Waals surface area contributed by atoms with Crippen LogP contribution in [0.15, 0.2) is 24.3 Å². The van der Waals surface area contributed by atoms with Gasteiger partial charge in [0, 0.05) is 70.3 Å². The number of aryl methyl sites for hydroxylation is 1. The molecule has 1 N–H and O–H groups in total. The van der Waals surface area contributed by atoms with Crippen LogP contribution >= 0.6 is 0 Å².